The number of aromatic nitrogens is 1. The molecular formula is C15H13ClN2OS. The van der Waals surface area contributed by atoms with Crippen molar-refractivity contribution in [1.82, 2.24) is 10.3 Å². The average Bonchev–Trinajstić information content (AvgIpc) is 2.47. The predicted octanol–water partition coefficient (Wildman–Crippen LogP) is 2.98. The summed E-state index contributed by atoms with van der Waals surface area (Å²) in [5, 5.41) is 4.85. The number of carbonyl (C=O) groups excluding carboxylic acids is 1. The fourth-order valence-corrected chi connectivity index (χ4v) is 2.52. The van der Waals surface area contributed by atoms with E-state index in [1.54, 1.807) is 11.8 Å². The lowest BCUT2D eigenvalue weighted by molar-refractivity contribution is 0.0957. The molecule has 2 rings (SSSR count). The molecule has 102 valence electrons. The highest BCUT2D eigenvalue weighted by Gasteiger charge is 2.11. The number of rotatable bonds is 5. The van der Waals surface area contributed by atoms with Crippen LogP contribution < -0.4 is 5.32 Å². The van der Waals surface area contributed by atoms with E-state index in [-0.39, 0.29) is 5.91 Å². The lowest BCUT2D eigenvalue weighted by Gasteiger charge is -2.08. The minimum absolute atomic E-state index is 0.147. The quantitative estimate of drug-likeness (QED) is 0.524. The summed E-state index contributed by atoms with van der Waals surface area (Å²) >= 11 is 7.64. The van der Waals surface area contributed by atoms with Gasteiger partial charge in [0.25, 0.3) is 5.91 Å². The molecule has 1 aromatic heterocycles. The molecule has 0 radical (unpaired) electrons. The Morgan fingerprint density at radius 3 is 2.90 bits per heavy atom. The summed E-state index contributed by atoms with van der Waals surface area (Å²) in [7, 11) is 0. The number of nitrogens with zero attached hydrogens (tertiary/aromatic N) is 1. The van der Waals surface area contributed by atoms with E-state index in [4.69, 9.17) is 18.0 Å². The zero-order valence-electron chi connectivity index (χ0n) is 10.7. The molecule has 0 aliphatic rings. The Balaban J connectivity index is 2.11. The lowest BCUT2D eigenvalue weighted by atomic mass is 10.1. The first-order valence-corrected chi connectivity index (χ1v) is 7.60. The highest BCUT2D eigenvalue weighted by atomic mass is 35.5. The van der Waals surface area contributed by atoms with E-state index in [1.807, 2.05) is 24.3 Å². The number of amides is 1. The maximum atomic E-state index is 12.2. The van der Waals surface area contributed by atoms with E-state index in [2.05, 4.69) is 16.2 Å². The van der Waals surface area contributed by atoms with Gasteiger partial charge in [-0.1, -0.05) is 41.8 Å². The minimum atomic E-state index is -0.147. The molecule has 1 N–H and O–H groups in total. The maximum absolute atomic E-state index is 12.2. The molecule has 1 aromatic carbocycles. The Bertz CT molecular complexity index is 666. The number of pyridine rings is 1. The van der Waals surface area contributed by atoms with E-state index in [1.165, 1.54) is 6.20 Å². The van der Waals surface area contributed by atoms with Crippen LogP contribution in [0.2, 0.25) is 5.15 Å². The molecule has 1 heterocycles. The number of fused-ring (bicyclic) bond motifs is 1. The normalized spacial score (nSPS) is 10.2. The number of benzene rings is 1. The monoisotopic (exact) mass is 304 g/mol. The Kier molecular flexibility index (Phi) is 5.28. The number of nitrogens with one attached hydrogen (secondary N) is 1. The maximum Gasteiger partial charge on any atom is 0.253 e. The standard InChI is InChI=1S/C15H13ClN2OS/c1-2-8-20-9-7-17-15(19)13-10-18-14(16)12-6-4-3-5-11(12)13/h1,3-6,10H,7-9H2,(H,17,19). The molecule has 0 bridgehead atoms. The van der Waals surface area contributed by atoms with Gasteiger partial charge in [0.1, 0.15) is 5.15 Å². The van der Waals surface area contributed by atoms with Gasteiger partial charge in [-0.15, -0.1) is 18.2 Å². The highest BCUT2D eigenvalue weighted by molar-refractivity contribution is 7.99. The van der Waals surface area contributed by atoms with E-state index < -0.39 is 0 Å². The predicted molar refractivity (Wildman–Crippen MR) is 85.2 cm³/mol. The first-order chi connectivity index (χ1) is 9.74. The van der Waals surface area contributed by atoms with Crippen LogP contribution in [0.4, 0.5) is 0 Å². The first kappa shape index (κ1) is 14.7. The van der Waals surface area contributed by atoms with Crippen LogP contribution in [0.3, 0.4) is 0 Å². The van der Waals surface area contributed by atoms with Crippen LogP contribution >= 0.6 is 23.4 Å². The van der Waals surface area contributed by atoms with Crippen LogP contribution in [0.15, 0.2) is 30.5 Å². The SMILES string of the molecule is C#CCSCCNC(=O)c1cnc(Cl)c2ccccc12. The molecule has 0 aliphatic heterocycles. The van der Waals surface area contributed by atoms with Crippen molar-refractivity contribution in [3.05, 3.63) is 41.2 Å². The number of carbonyl (C=O) groups is 1. The highest BCUT2D eigenvalue weighted by Crippen LogP contribution is 2.23. The fourth-order valence-electron chi connectivity index (χ4n) is 1.80. The Hall–Kier alpha value is -1.70. The third kappa shape index (κ3) is 3.44. The molecule has 0 aliphatic carbocycles. The molecule has 0 atom stereocenters. The van der Waals surface area contributed by atoms with Crippen LogP contribution in [0.5, 0.6) is 0 Å². The second-order valence-electron chi connectivity index (χ2n) is 4.02. The molecule has 0 spiro atoms. The van der Waals surface area contributed by atoms with Gasteiger partial charge in [-0.25, -0.2) is 4.98 Å². The van der Waals surface area contributed by atoms with E-state index in [0.29, 0.717) is 23.0 Å². The van der Waals surface area contributed by atoms with Crippen molar-refractivity contribution in [2.24, 2.45) is 0 Å². The zero-order valence-corrected chi connectivity index (χ0v) is 12.3. The zero-order chi connectivity index (χ0) is 14.4. The first-order valence-electron chi connectivity index (χ1n) is 6.06. The van der Waals surface area contributed by atoms with Crippen molar-refractivity contribution in [3.63, 3.8) is 0 Å². The summed E-state index contributed by atoms with van der Waals surface area (Å²) in [6.07, 6.45) is 6.67. The van der Waals surface area contributed by atoms with Crippen molar-refractivity contribution in [2.45, 2.75) is 0 Å². The number of terminal acetylenes is 1. The Labute approximate surface area is 127 Å². The van der Waals surface area contributed by atoms with Gasteiger partial charge in [0.2, 0.25) is 0 Å². The Morgan fingerprint density at radius 2 is 2.15 bits per heavy atom. The van der Waals surface area contributed by atoms with Gasteiger partial charge in [0.05, 0.1) is 11.3 Å². The van der Waals surface area contributed by atoms with Gasteiger partial charge >= 0.3 is 0 Å². The molecule has 0 unspecified atom stereocenters. The van der Waals surface area contributed by atoms with Crippen molar-refractivity contribution in [2.75, 3.05) is 18.1 Å². The molecule has 0 saturated carbocycles. The van der Waals surface area contributed by atoms with E-state index >= 15 is 0 Å². The largest absolute Gasteiger partial charge is 0.351 e. The third-order valence-electron chi connectivity index (χ3n) is 2.71. The Morgan fingerprint density at radius 1 is 1.40 bits per heavy atom. The van der Waals surface area contributed by atoms with Crippen molar-refractivity contribution < 1.29 is 4.79 Å². The molecule has 20 heavy (non-hydrogen) atoms. The van der Waals surface area contributed by atoms with Crippen LogP contribution in [-0.4, -0.2) is 28.9 Å². The number of halogens is 1. The lowest BCUT2D eigenvalue weighted by Crippen LogP contribution is -2.26. The van der Waals surface area contributed by atoms with Gasteiger partial charge in [-0.2, -0.15) is 0 Å². The fraction of sp³-hybridized carbons (Fsp3) is 0.200. The van der Waals surface area contributed by atoms with Gasteiger partial charge in [-0.05, 0) is 5.39 Å². The second-order valence-corrected chi connectivity index (χ2v) is 5.48. The molecule has 3 nitrogen and oxygen atoms in total. The molecule has 5 heteroatoms. The number of hydrogen-bond donors (Lipinski definition) is 1. The van der Waals surface area contributed by atoms with Crippen LogP contribution in [0, 0.1) is 12.3 Å². The van der Waals surface area contributed by atoms with Crippen molar-refractivity contribution in [3.8, 4) is 12.3 Å². The number of hydrogen-bond acceptors (Lipinski definition) is 3. The summed E-state index contributed by atoms with van der Waals surface area (Å²) in [6.45, 7) is 0.572. The van der Waals surface area contributed by atoms with Crippen LogP contribution in [-0.2, 0) is 0 Å². The smallest absolute Gasteiger partial charge is 0.253 e. The van der Waals surface area contributed by atoms with Crippen molar-refractivity contribution in [1.29, 1.82) is 0 Å². The average molecular weight is 305 g/mol. The molecule has 2 aromatic rings. The molecule has 1 amide bonds. The van der Waals surface area contributed by atoms with E-state index in [9.17, 15) is 4.79 Å². The van der Waals surface area contributed by atoms with E-state index in [0.717, 1.165) is 16.5 Å². The van der Waals surface area contributed by atoms with Crippen LogP contribution in [0.1, 0.15) is 10.4 Å². The summed E-state index contributed by atoms with van der Waals surface area (Å²) < 4.78 is 0. The molecule has 0 saturated heterocycles. The number of thioether (sulfide) groups is 1. The topological polar surface area (TPSA) is 42.0 Å². The molecule has 0 fully saturated rings. The van der Waals surface area contributed by atoms with Gasteiger partial charge in [-0.3, -0.25) is 4.79 Å². The van der Waals surface area contributed by atoms with Gasteiger partial charge in [0, 0.05) is 23.9 Å². The molecular weight excluding hydrogens is 292 g/mol. The van der Waals surface area contributed by atoms with Gasteiger partial charge in [0.15, 0.2) is 0 Å². The summed E-state index contributed by atoms with van der Waals surface area (Å²) in [6, 6.07) is 7.46. The third-order valence-corrected chi connectivity index (χ3v) is 3.87. The summed E-state index contributed by atoms with van der Waals surface area (Å²) in [4.78, 5) is 16.2. The second kappa shape index (κ2) is 7.18. The summed E-state index contributed by atoms with van der Waals surface area (Å²) in [5.41, 5.74) is 0.534. The van der Waals surface area contributed by atoms with Crippen molar-refractivity contribution >= 4 is 40.0 Å². The van der Waals surface area contributed by atoms with Crippen LogP contribution in [0.25, 0.3) is 10.8 Å². The minimum Gasteiger partial charge on any atom is -0.351 e. The van der Waals surface area contributed by atoms with Gasteiger partial charge < -0.3 is 5.32 Å². The summed E-state index contributed by atoms with van der Waals surface area (Å²) in [5.74, 6) is 3.84.